The van der Waals surface area contributed by atoms with Crippen molar-refractivity contribution in [1.29, 1.82) is 0 Å². The molecule has 79 heavy (non-hydrogen) atoms. The van der Waals surface area contributed by atoms with E-state index in [9.17, 15) is 115 Å². The number of ether oxygens (including phenoxy) is 1. The fourth-order valence-corrected chi connectivity index (χ4v) is 7.78. The largest absolute Gasteiger partial charge is 0.455 e. The molecule has 0 fully saturated rings. The van der Waals surface area contributed by atoms with E-state index in [0.29, 0.717) is 5.56 Å². The first-order chi connectivity index (χ1) is 36.0. The number of azide groups is 1. The molecule has 0 saturated carbocycles. The van der Waals surface area contributed by atoms with Crippen LogP contribution in [0.3, 0.4) is 0 Å². The summed E-state index contributed by atoms with van der Waals surface area (Å²) in [6, 6.07) is 0.0215. The zero-order valence-corrected chi connectivity index (χ0v) is 38.1. The molecule has 0 radical (unpaired) electrons. The highest BCUT2D eigenvalue weighted by molar-refractivity contribution is 7.20. The van der Waals surface area contributed by atoms with Gasteiger partial charge in [0.1, 0.15) is 6.15 Å². The van der Waals surface area contributed by atoms with Gasteiger partial charge in [-0.05, 0) is 29.8 Å². The van der Waals surface area contributed by atoms with Crippen LogP contribution in [0.25, 0.3) is 10.4 Å². The molecule has 0 spiro atoms. The Balaban J connectivity index is 0.000000433. The first kappa shape index (κ1) is 61.9. The zero-order chi connectivity index (χ0) is 59.7. The normalized spacial score (nSPS) is 13.0. The Morgan fingerprint density at radius 1 is 0.481 bits per heavy atom. The zero-order valence-electron chi connectivity index (χ0n) is 38.1. The molecule has 0 saturated heterocycles. The summed E-state index contributed by atoms with van der Waals surface area (Å²) in [5.74, 6) is -0.820. The fourth-order valence-electron chi connectivity index (χ4n) is 7.78. The van der Waals surface area contributed by atoms with Gasteiger partial charge in [-0.3, -0.25) is 4.79 Å². The Labute approximate surface area is 424 Å². The molecular weight excluding hydrogens is 1140 g/mol. The van der Waals surface area contributed by atoms with Crippen LogP contribution < -0.4 is 26.4 Å². The molecule has 0 aliphatic carbocycles. The van der Waals surface area contributed by atoms with Gasteiger partial charge >= 0.3 is 55.4 Å². The lowest BCUT2D eigenvalue weighted by Gasteiger charge is -2.46. The van der Waals surface area contributed by atoms with Crippen LogP contribution in [0.4, 0.5) is 105 Å². The Kier molecular flexibility index (Phi) is 17.3. The summed E-state index contributed by atoms with van der Waals surface area (Å²) in [6.07, 6.45) is -50.4. The fraction of sp³-hybridized carbons (Fsp3) is 0.217. The third-order valence-corrected chi connectivity index (χ3v) is 11.1. The Bertz CT molecular complexity index is 2830. The Hall–Kier alpha value is -7.99. The molecule has 0 aliphatic heterocycles. The molecular formula is C46H24BF24N5O3. The molecule has 5 aromatic carbocycles. The minimum atomic E-state index is -6.13. The van der Waals surface area contributed by atoms with Crippen LogP contribution in [0.1, 0.15) is 65.4 Å². The van der Waals surface area contributed by atoms with E-state index in [1.807, 2.05) is 6.07 Å². The average Bonchev–Trinajstić information content (AvgIpc) is 3.36. The van der Waals surface area contributed by atoms with Crippen LogP contribution in [-0.4, -0.2) is 29.6 Å². The maximum absolute atomic E-state index is 14.2. The molecule has 6 aromatic rings. The third-order valence-electron chi connectivity index (χ3n) is 11.1. The van der Waals surface area contributed by atoms with Gasteiger partial charge in [0.15, 0.2) is 12.9 Å². The lowest BCUT2D eigenvalue weighted by atomic mass is 9.12. The maximum atomic E-state index is 14.2. The topological polar surface area (TPSA) is 109 Å². The molecule has 0 atom stereocenters. The standard InChI is InChI=1S/C32H12BF24.C14H12N5O3/c34-25(35,36)13-1-14(26(37,38)39)6-21(5-13)33(22-7-15(27(40,41)42)2-16(8-22)28(43,44)45,23-9-17(29(46,47)48)3-18(10-23)30(49,50)51)24-11-19(31(52,53)54)4-20(12-24)32(55,56)57;15-18-17-10-22-14(21)12-8-19(7-6-16-12)9-13(20)11-4-2-1-3-5-11/h1-12H;1-8H,9-10H2/q-1;+1. The summed E-state index contributed by atoms with van der Waals surface area (Å²) in [6.45, 7) is -0.335. The van der Waals surface area contributed by atoms with Crippen molar-refractivity contribution >= 4 is 39.7 Å². The van der Waals surface area contributed by atoms with E-state index in [1.54, 1.807) is 30.5 Å². The van der Waals surface area contributed by atoms with Gasteiger partial charge in [0.05, 0.1) is 50.7 Å². The summed E-state index contributed by atoms with van der Waals surface area (Å²) in [7, 11) is 0. The highest BCUT2D eigenvalue weighted by Gasteiger charge is 2.47. The van der Waals surface area contributed by atoms with E-state index >= 15 is 0 Å². The summed E-state index contributed by atoms with van der Waals surface area (Å²) >= 11 is 0. The number of carbonyl (C=O) groups excluding carboxylic acids is 2. The molecule has 0 amide bonds. The van der Waals surface area contributed by atoms with Gasteiger partial charge in [-0.15, -0.1) is 0 Å². The molecule has 33 heteroatoms. The monoisotopic (exact) mass is 1160 g/mol. The summed E-state index contributed by atoms with van der Waals surface area (Å²) in [4.78, 5) is 30.1. The SMILES string of the molecule is FC(F)(F)c1cc([B-](c2cc(C(F)(F)F)cc(C(F)(F)F)c2)(c2cc(C(F)(F)F)cc(C(F)(F)F)c2)c2cc(C(F)(F)F)cc(C(F)(F)F)c2)cc(C(F)(F)F)c1.[N-]=[N+]=NCOC(=O)c1c[n+](CC(=O)c2ccccc2)ccn1. The summed E-state index contributed by atoms with van der Waals surface area (Å²) < 4.78 is 347. The van der Waals surface area contributed by atoms with Crippen LogP contribution in [0.5, 0.6) is 0 Å². The number of rotatable bonds is 10. The van der Waals surface area contributed by atoms with Gasteiger partial charge < -0.3 is 4.74 Å². The summed E-state index contributed by atoms with van der Waals surface area (Å²) in [5, 5.41) is 3.10. The summed E-state index contributed by atoms with van der Waals surface area (Å²) in [5.41, 5.74) is -21.5. The molecule has 1 heterocycles. The number of carbonyl (C=O) groups is 2. The highest BCUT2D eigenvalue weighted by Crippen LogP contribution is 2.41. The molecule has 8 nitrogen and oxygen atoms in total. The van der Waals surface area contributed by atoms with Crippen molar-refractivity contribution in [2.45, 2.75) is 56.0 Å². The van der Waals surface area contributed by atoms with E-state index < -0.39 is 207 Å². The Morgan fingerprint density at radius 2 is 0.772 bits per heavy atom. The van der Waals surface area contributed by atoms with Crippen LogP contribution in [-0.2, 0) is 60.7 Å². The molecule has 0 unspecified atom stereocenters. The first-order valence-corrected chi connectivity index (χ1v) is 20.9. The molecule has 0 aliphatic rings. The van der Waals surface area contributed by atoms with E-state index in [-0.39, 0.29) is 18.0 Å². The number of nitrogens with zero attached hydrogens (tertiary/aromatic N) is 5. The van der Waals surface area contributed by atoms with Gasteiger partial charge in [-0.25, -0.2) is 9.78 Å². The molecule has 0 N–H and O–H groups in total. The van der Waals surface area contributed by atoms with Crippen molar-refractivity contribution in [2.24, 2.45) is 5.11 Å². The number of alkyl halides is 24. The smallest absolute Gasteiger partial charge is 0.416 e. The third kappa shape index (κ3) is 15.0. The van der Waals surface area contributed by atoms with Crippen molar-refractivity contribution in [3.05, 3.63) is 188 Å². The molecule has 6 rings (SSSR count). The minimum Gasteiger partial charge on any atom is -0.455 e. The van der Waals surface area contributed by atoms with Gasteiger partial charge in [-0.2, -0.15) is 132 Å². The van der Waals surface area contributed by atoms with E-state index in [0.717, 1.165) is 0 Å². The van der Waals surface area contributed by atoms with E-state index in [1.165, 1.54) is 17.0 Å². The lowest BCUT2D eigenvalue weighted by molar-refractivity contribution is -0.683. The lowest BCUT2D eigenvalue weighted by Crippen LogP contribution is -2.75. The van der Waals surface area contributed by atoms with Crippen LogP contribution >= 0.6 is 0 Å². The van der Waals surface area contributed by atoms with E-state index in [4.69, 9.17) is 10.3 Å². The van der Waals surface area contributed by atoms with Crippen molar-refractivity contribution in [3.8, 4) is 0 Å². The van der Waals surface area contributed by atoms with Crippen molar-refractivity contribution in [1.82, 2.24) is 4.98 Å². The number of hydrogen-bond acceptors (Lipinski definition) is 5. The minimum absolute atomic E-state index is 0.0245. The highest BCUT2D eigenvalue weighted by atomic mass is 19.4. The molecule has 1 aromatic heterocycles. The van der Waals surface area contributed by atoms with Crippen LogP contribution in [0.2, 0.25) is 0 Å². The number of esters is 1. The van der Waals surface area contributed by atoms with Crippen molar-refractivity contribution < 1.29 is 124 Å². The number of hydrogen-bond donors (Lipinski definition) is 0. The van der Waals surface area contributed by atoms with Crippen molar-refractivity contribution in [3.63, 3.8) is 0 Å². The van der Waals surface area contributed by atoms with E-state index in [2.05, 4.69) is 15.0 Å². The first-order valence-electron chi connectivity index (χ1n) is 20.9. The quantitative estimate of drug-likeness (QED) is 0.0199. The van der Waals surface area contributed by atoms with Gasteiger partial charge in [0, 0.05) is 10.5 Å². The predicted octanol–water partition coefficient (Wildman–Crippen LogP) is 12.9. The number of halogens is 24. The predicted molar refractivity (Wildman–Crippen MR) is 225 cm³/mol. The molecule has 422 valence electrons. The van der Waals surface area contributed by atoms with Crippen LogP contribution in [0.15, 0.2) is 127 Å². The Morgan fingerprint density at radius 3 is 1.04 bits per heavy atom. The van der Waals surface area contributed by atoms with Gasteiger partial charge in [-0.1, -0.05) is 84.0 Å². The number of ketones is 1. The second-order valence-corrected chi connectivity index (χ2v) is 16.4. The van der Waals surface area contributed by atoms with Gasteiger partial charge in [0.25, 0.3) is 0 Å². The number of Topliss-reactive ketones (excluding diaryl/α,β-unsaturated/α-hetero) is 1. The molecule has 0 bridgehead atoms. The average molecular weight is 1160 g/mol. The van der Waals surface area contributed by atoms with Crippen molar-refractivity contribution in [2.75, 3.05) is 6.73 Å². The number of benzene rings is 5. The maximum Gasteiger partial charge on any atom is 0.416 e. The second-order valence-electron chi connectivity index (χ2n) is 16.4. The number of aromatic nitrogens is 2. The van der Waals surface area contributed by atoms with Crippen LogP contribution in [0, 0.1) is 0 Å². The van der Waals surface area contributed by atoms with Gasteiger partial charge in [0.2, 0.25) is 24.2 Å². The second kappa shape index (κ2) is 22.0.